The van der Waals surface area contributed by atoms with Crippen molar-refractivity contribution >= 4 is 28.7 Å². The molecule has 3 atom stereocenters. The SMILES string of the molecule is CC#CCN1C(N2CCC[C@@H](N)C2)=NC2C1C(=O)N(Cc1ccc(F)c3ccccc13)C(=O)N2C. The van der Waals surface area contributed by atoms with Crippen LogP contribution in [0, 0.1) is 17.7 Å². The minimum absolute atomic E-state index is 0.0338. The Kier molecular flexibility index (Phi) is 6.07. The molecule has 2 aromatic carbocycles. The standard InChI is InChI=1S/C26H29FN6O2/c1-3-4-14-32-22-23(29-25(32)31-13-7-8-18(28)16-31)30(2)26(35)33(24(22)34)15-17-11-12-21(27)20-10-6-5-9-19(17)20/h5-6,9-12,18,22-23H,7-8,13-16,28H2,1-2H3/t18-,22?,23?/m1/s1. The van der Waals surface area contributed by atoms with Crippen molar-refractivity contribution < 1.29 is 14.0 Å². The van der Waals surface area contributed by atoms with Gasteiger partial charge >= 0.3 is 6.03 Å². The summed E-state index contributed by atoms with van der Waals surface area (Å²) in [5.41, 5.74) is 6.92. The number of hydrogen-bond donors (Lipinski definition) is 1. The zero-order chi connectivity index (χ0) is 24.7. The van der Waals surface area contributed by atoms with E-state index in [-0.39, 0.29) is 24.3 Å². The summed E-state index contributed by atoms with van der Waals surface area (Å²) in [7, 11) is 1.67. The molecule has 3 amide bonds. The van der Waals surface area contributed by atoms with Crippen LogP contribution < -0.4 is 5.73 Å². The van der Waals surface area contributed by atoms with E-state index in [4.69, 9.17) is 10.7 Å². The summed E-state index contributed by atoms with van der Waals surface area (Å²) in [5.74, 6) is 5.97. The Labute approximate surface area is 204 Å². The number of imide groups is 1. The number of urea groups is 1. The highest BCUT2D eigenvalue weighted by Gasteiger charge is 2.53. The number of carbonyl (C=O) groups is 2. The fourth-order valence-electron chi connectivity index (χ4n) is 5.23. The third-order valence-electron chi connectivity index (χ3n) is 7.03. The maximum Gasteiger partial charge on any atom is 0.328 e. The maximum atomic E-state index is 14.3. The number of nitrogens with two attached hydrogens (primary N) is 1. The van der Waals surface area contributed by atoms with Crippen LogP contribution in [0.15, 0.2) is 41.4 Å². The second-order valence-electron chi connectivity index (χ2n) is 9.26. The van der Waals surface area contributed by atoms with Crippen LogP contribution in [-0.4, -0.2) is 82.4 Å². The van der Waals surface area contributed by atoms with Gasteiger partial charge in [0.05, 0.1) is 13.1 Å². The van der Waals surface area contributed by atoms with Crippen molar-refractivity contribution in [3.05, 3.63) is 47.8 Å². The molecule has 0 aliphatic carbocycles. The van der Waals surface area contributed by atoms with Crippen LogP contribution in [-0.2, 0) is 11.3 Å². The molecular formula is C26H29FN6O2. The quantitative estimate of drug-likeness (QED) is 0.687. The largest absolute Gasteiger partial charge is 0.341 e. The van der Waals surface area contributed by atoms with Gasteiger partial charge in [-0.05, 0) is 36.8 Å². The Bertz CT molecular complexity index is 1270. The van der Waals surface area contributed by atoms with Crippen molar-refractivity contribution in [3.63, 3.8) is 0 Å². The fourth-order valence-corrected chi connectivity index (χ4v) is 5.23. The average molecular weight is 477 g/mol. The van der Waals surface area contributed by atoms with Crippen LogP contribution in [0.25, 0.3) is 10.8 Å². The van der Waals surface area contributed by atoms with Gasteiger partial charge in [0.25, 0.3) is 5.91 Å². The van der Waals surface area contributed by atoms with Crippen molar-refractivity contribution in [3.8, 4) is 11.8 Å². The number of hydrogen-bond acceptors (Lipinski definition) is 6. The van der Waals surface area contributed by atoms with Gasteiger partial charge in [0.2, 0.25) is 0 Å². The molecule has 0 aromatic heterocycles. The molecule has 0 saturated carbocycles. The van der Waals surface area contributed by atoms with Crippen LogP contribution in [0.5, 0.6) is 0 Å². The predicted octanol–water partition coefficient (Wildman–Crippen LogP) is 2.19. The first-order valence-corrected chi connectivity index (χ1v) is 11.9. The average Bonchev–Trinajstić information content (AvgIpc) is 3.25. The number of nitrogens with zero attached hydrogens (tertiary/aromatic N) is 5. The van der Waals surface area contributed by atoms with Crippen molar-refractivity contribution in [2.45, 2.75) is 44.6 Å². The Morgan fingerprint density at radius 1 is 1.17 bits per heavy atom. The number of aliphatic imine (C=N–C) groups is 1. The maximum absolute atomic E-state index is 14.3. The van der Waals surface area contributed by atoms with E-state index >= 15 is 0 Å². The lowest BCUT2D eigenvalue weighted by Crippen LogP contribution is -2.65. The van der Waals surface area contributed by atoms with Crippen LogP contribution in [0.3, 0.4) is 0 Å². The number of guanidine groups is 1. The Morgan fingerprint density at radius 3 is 2.69 bits per heavy atom. The molecule has 0 spiro atoms. The highest BCUT2D eigenvalue weighted by atomic mass is 19.1. The summed E-state index contributed by atoms with van der Waals surface area (Å²) in [6.45, 7) is 3.56. The van der Waals surface area contributed by atoms with Crippen LogP contribution in [0.2, 0.25) is 0 Å². The van der Waals surface area contributed by atoms with Gasteiger partial charge in [-0.3, -0.25) is 9.69 Å². The summed E-state index contributed by atoms with van der Waals surface area (Å²) in [4.78, 5) is 38.8. The minimum atomic E-state index is -0.682. The van der Waals surface area contributed by atoms with E-state index in [9.17, 15) is 14.0 Å². The van der Waals surface area contributed by atoms with E-state index in [0.29, 0.717) is 35.4 Å². The highest BCUT2D eigenvalue weighted by molar-refractivity contribution is 6.04. The number of piperidine rings is 1. The lowest BCUT2D eigenvalue weighted by molar-refractivity contribution is -0.137. The Balaban J connectivity index is 1.49. The van der Waals surface area contributed by atoms with Crippen molar-refractivity contribution in [2.24, 2.45) is 10.7 Å². The lowest BCUT2D eigenvalue weighted by atomic mass is 10.0. The third kappa shape index (κ3) is 3.98. The van der Waals surface area contributed by atoms with Gasteiger partial charge in [-0.25, -0.2) is 14.2 Å². The molecule has 2 unspecified atom stereocenters. The van der Waals surface area contributed by atoms with Crippen LogP contribution >= 0.6 is 0 Å². The van der Waals surface area contributed by atoms with E-state index in [1.165, 1.54) is 15.9 Å². The molecule has 2 aromatic rings. The van der Waals surface area contributed by atoms with E-state index in [0.717, 1.165) is 19.4 Å². The number of likely N-dealkylation sites (N-methyl/N-ethyl adjacent to an activating group) is 1. The molecule has 2 fully saturated rings. The smallest absolute Gasteiger partial charge is 0.328 e. The lowest BCUT2D eigenvalue weighted by Gasteiger charge is -2.42. The fraction of sp³-hybridized carbons (Fsp3) is 0.423. The van der Waals surface area contributed by atoms with Gasteiger partial charge in [0.1, 0.15) is 5.82 Å². The van der Waals surface area contributed by atoms with Crippen LogP contribution in [0.1, 0.15) is 25.3 Å². The van der Waals surface area contributed by atoms with Gasteiger partial charge in [0.15, 0.2) is 18.2 Å². The topological polar surface area (TPSA) is 85.5 Å². The van der Waals surface area contributed by atoms with Gasteiger partial charge in [-0.15, -0.1) is 5.92 Å². The van der Waals surface area contributed by atoms with Crippen molar-refractivity contribution in [2.75, 3.05) is 26.7 Å². The first kappa shape index (κ1) is 23.1. The number of fused-ring (bicyclic) bond motifs is 2. The number of likely N-dealkylation sites (tertiary alicyclic amines) is 1. The molecule has 2 N–H and O–H groups in total. The normalized spacial score (nSPS) is 24.5. The molecule has 0 radical (unpaired) electrons. The van der Waals surface area contributed by atoms with Gasteiger partial charge < -0.3 is 20.4 Å². The van der Waals surface area contributed by atoms with Crippen molar-refractivity contribution in [1.29, 1.82) is 0 Å². The zero-order valence-corrected chi connectivity index (χ0v) is 19.9. The first-order chi connectivity index (χ1) is 16.9. The number of benzene rings is 2. The zero-order valence-electron chi connectivity index (χ0n) is 19.9. The van der Waals surface area contributed by atoms with Gasteiger partial charge in [0, 0.05) is 31.6 Å². The molecule has 0 bridgehead atoms. The monoisotopic (exact) mass is 476 g/mol. The molecule has 2 saturated heterocycles. The third-order valence-corrected chi connectivity index (χ3v) is 7.03. The van der Waals surface area contributed by atoms with E-state index in [1.807, 2.05) is 11.0 Å². The summed E-state index contributed by atoms with van der Waals surface area (Å²) in [6.07, 6.45) is 1.25. The van der Waals surface area contributed by atoms with E-state index in [1.54, 1.807) is 38.2 Å². The van der Waals surface area contributed by atoms with E-state index in [2.05, 4.69) is 16.7 Å². The highest BCUT2D eigenvalue weighted by Crippen LogP contribution is 2.31. The minimum Gasteiger partial charge on any atom is -0.341 e. The summed E-state index contributed by atoms with van der Waals surface area (Å²) in [6, 6.07) is 9.02. The molecular weight excluding hydrogens is 447 g/mol. The summed E-state index contributed by atoms with van der Waals surface area (Å²) < 4.78 is 14.3. The predicted molar refractivity (Wildman–Crippen MR) is 132 cm³/mol. The first-order valence-electron chi connectivity index (χ1n) is 11.9. The van der Waals surface area contributed by atoms with E-state index < -0.39 is 18.2 Å². The number of halogens is 1. The molecule has 3 aliphatic rings. The Morgan fingerprint density at radius 2 is 1.94 bits per heavy atom. The second kappa shape index (κ2) is 9.19. The summed E-state index contributed by atoms with van der Waals surface area (Å²) in [5, 5.41) is 1.14. The second-order valence-corrected chi connectivity index (χ2v) is 9.26. The molecule has 182 valence electrons. The number of rotatable bonds is 3. The number of amides is 3. The molecule has 3 heterocycles. The molecule has 8 nitrogen and oxygen atoms in total. The number of carbonyl (C=O) groups excluding carboxylic acids is 2. The van der Waals surface area contributed by atoms with Gasteiger partial charge in [-0.1, -0.05) is 36.3 Å². The van der Waals surface area contributed by atoms with Crippen LogP contribution in [0.4, 0.5) is 9.18 Å². The van der Waals surface area contributed by atoms with Gasteiger partial charge in [-0.2, -0.15) is 0 Å². The molecule has 35 heavy (non-hydrogen) atoms. The molecule has 9 heteroatoms. The summed E-state index contributed by atoms with van der Waals surface area (Å²) >= 11 is 0. The molecule has 5 rings (SSSR count). The van der Waals surface area contributed by atoms with Crippen molar-refractivity contribution in [1.82, 2.24) is 19.6 Å². The molecule has 3 aliphatic heterocycles. The Hall–Kier alpha value is -3.64.